The average molecular weight is 390 g/mol. The molecule has 0 aliphatic carbocycles. The van der Waals surface area contributed by atoms with E-state index in [1.54, 1.807) is 7.11 Å². The van der Waals surface area contributed by atoms with Crippen molar-refractivity contribution >= 4 is 11.8 Å². The van der Waals surface area contributed by atoms with Gasteiger partial charge in [-0.3, -0.25) is 0 Å². The molecule has 0 saturated carbocycles. The Hall–Kier alpha value is -1.61. The Labute approximate surface area is 162 Å². The van der Waals surface area contributed by atoms with E-state index in [2.05, 4.69) is 0 Å². The third kappa shape index (κ3) is 3.99. The fourth-order valence-corrected chi connectivity index (χ4v) is 4.32. The van der Waals surface area contributed by atoms with E-state index < -0.39 is 36.1 Å². The van der Waals surface area contributed by atoms with Gasteiger partial charge in [-0.15, -0.1) is 0 Å². The maximum atomic E-state index is 10.6. The van der Waals surface area contributed by atoms with E-state index in [-0.39, 0.29) is 6.61 Å². The molecule has 0 unspecified atom stereocenters. The van der Waals surface area contributed by atoms with Gasteiger partial charge >= 0.3 is 0 Å². The highest BCUT2D eigenvalue weighted by molar-refractivity contribution is 7.99. The van der Waals surface area contributed by atoms with Gasteiger partial charge in [0.1, 0.15) is 35.6 Å². The second kappa shape index (κ2) is 8.18. The highest BCUT2D eigenvalue weighted by Crippen LogP contribution is 2.38. The van der Waals surface area contributed by atoms with E-state index in [4.69, 9.17) is 18.9 Å². The van der Waals surface area contributed by atoms with E-state index in [1.165, 1.54) is 11.8 Å². The van der Waals surface area contributed by atoms with Gasteiger partial charge in [-0.1, -0.05) is 42.1 Å². The van der Waals surface area contributed by atoms with Gasteiger partial charge in [0.2, 0.25) is 0 Å². The molecule has 2 heterocycles. The van der Waals surface area contributed by atoms with Crippen LogP contribution in [0.5, 0.6) is 5.75 Å². The molecule has 0 amide bonds. The number of aliphatic hydroxyl groups is 2. The zero-order valence-corrected chi connectivity index (χ0v) is 15.6. The lowest BCUT2D eigenvalue weighted by Gasteiger charge is -2.46. The van der Waals surface area contributed by atoms with Crippen molar-refractivity contribution < 1.29 is 29.2 Å². The van der Waals surface area contributed by atoms with Crippen LogP contribution in [0.2, 0.25) is 0 Å². The quantitative estimate of drug-likeness (QED) is 0.830. The Morgan fingerprint density at radius 1 is 0.963 bits per heavy atom. The number of thioether (sulfide) groups is 1. The fraction of sp³-hybridized carbons (Fsp3) is 0.400. The maximum absolute atomic E-state index is 10.6. The molecule has 6 atom stereocenters. The molecular weight excluding hydrogens is 368 g/mol. The number of methoxy groups -OCH3 is 1. The first-order valence-electron chi connectivity index (χ1n) is 8.80. The van der Waals surface area contributed by atoms with Crippen LogP contribution in [0.4, 0.5) is 0 Å². The van der Waals surface area contributed by atoms with Crippen molar-refractivity contribution in [1.82, 2.24) is 0 Å². The zero-order chi connectivity index (χ0) is 18.8. The number of hydrogen-bond donors (Lipinski definition) is 2. The van der Waals surface area contributed by atoms with Gasteiger partial charge < -0.3 is 29.2 Å². The van der Waals surface area contributed by atoms with Gasteiger partial charge in [-0.25, -0.2) is 0 Å². The predicted molar refractivity (Wildman–Crippen MR) is 99.5 cm³/mol. The number of benzene rings is 2. The lowest BCUT2D eigenvalue weighted by molar-refractivity contribution is -0.318. The third-order valence-electron chi connectivity index (χ3n) is 4.72. The molecule has 2 aromatic rings. The van der Waals surface area contributed by atoms with Gasteiger partial charge in [0.15, 0.2) is 6.29 Å². The Morgan fingerprint density at radius 2 is 1.70 bits per heavy atom. The summed E-state index contributed by atoms with van der Waals surface area (Å²) in [7, 11) is 1.61. The topological polar surface area (TPSA) is 77.4 Å². The van der Waals surface area contributed by atoms with Crippen molar-refractivity contribution in [2.75, 3.05) is 13.7 Å². The van der Waals surface area contributed by atoms with Crippen LogP contribution in [-0.4, -0.2) is 53.8 Å². The molecule has 0 aromatic heterocycles. The van der Waals surface area contributed by atoms with Crippen molar-refractivity contribution in [3.8, 4) is 5.75 Å². The highest BCUT2D eigenvalue weighted by atomic mass is 32.2. The molecule has 2 aliphatic rings. The predicted octanol–water partition coefficient (Wildman–Crippen LogP) is 2.35. The molecule has 2 fully saturated rings. The second-order valence-corrected chi connectivity index (χ2v) is 7.67. The Bertz CT molecular complexity index is 738. The summed E-state index contributed by atoms with van der Waals surface area (Å²) in [4.78, 5) is 0.959. The zero-order valence-electron chi connectivity index (χ0n) is 14.8. The summed E-state index contributed by atoms with van der Waals surface area (Å²) in [6.45, 7) is 0.275. The van der Waals surface area contributed by atoms with Gasteiger partial charge in [0.25, 0.3) is 0 Å². The van der Waals surface area contributed by atoms with Gasteiger partial charge in [0, 0.05) is 10.5 Å². The van der Waals surface area contributed by atoms with Gasteiger partial charge in [0.05, 0.1) is 13.7 Å². The molecule has 2 aliphatic heterocycles. The molecule has 7 heteroatoms. The summed E-state index contributed by atoms with van der Waals surface area (Å²) in [6, 6.07) is 17.0. The van der Waals surface area contributed by atoms with E-state index in [1.807, 2.05) is 54.6 Å². The summed E-state index contributed by atoms with van der Waals surface area (Å²) in [6.07, 6.45) is -3.85. The monoisotopic (exact) mass is 390 g/mol. The number of aliphatic hydroxyl groups excluding tert-OH is 2. The minimum atomic E-state index is -1.06. The Kier molecular flexibility index (Phi) is 5.68. The number of hydrogen-bond acceptors (Lipinski definition) is 7. The summed E-state index contributed by atoms with van der Waals surface area (Å²) in [5.74, 6) is 0.740. The van der Waals surface area contributed by atoms with Crippen LogP contribution in [-0.2, 0) is 14.2 Å². The average Bonchev–Trinajstić information content (AvgIpc) is 2.72. The van der Waals surface area contributed by atoms with E-state index in [0.717, 1.165) is 16.2 Å². The highest BCUT2D eigenvalue weighted by Gasteiger charge is 2.49. The first kappa shape index (κ1) is 18.7. The largest absolute Gasteiger partial charge is 0.497 e. The minimum Gasteiger partial charge on any atom is -0.497 e. The normalized spacial score (nSPS) is 33.3. The molecule has 0 spiro atoms. The molecule has 2 saturated heterocycles. The van der Waals surface area contributed by atoms with Crippen LogP contribution in [0.25, 0.3) is 0 Å². The fourth-order valence-electron chi connectivity index (χ4n) is 3.24. The van der Waals surface area contributed by atoms with Crippen LogP contribution in [0.1, 0.15) is 11.9 Å². The summed E-state index contributed by atoms with van der Waals surface area (Å²) < 4.78 is 22.9. The second-order valence-electron chi connectivity index (χ2n) is 6.49. The lowest BCUT2D eigenvalue weighted by atomic mass is 9.99. The van der Waals surface area contributed by atoms with Crippen LogP contribution >= 0.6 is 11.8 Å². The van der Waals surface area contributed by atoms with Crippen molar-refractivity contribution in [2.45, 2.75) is 41.0 Å². The molecule has 27 heavy (non-hydrogen) atoms. The molecule has 6 nitrogen and oxygen atoms in total. The first-order chi connectivity index (χ1) is 13.2. The van der Waals surface area contributed by atoms with Crippen LogP contribution in [0, 0.1) is 0 Å². The molecule has 0 radical (unpaired) electrons. The van der Waals surface area contributed by atoms with E-state index in [0.29, 0.717) is 0 Å². The van der Waals surface area contributed by atoms with Gasteiger partial charge in [-0.05, 0) is 24.3 Å². The SMILES string of the molecule is COc1ccc([C@@H]2OC[C@H]3O[C@H](Sc4ccccc4)[C@@H](O)[C@@H](O)[C@@H]3O2)cc1. The minimum absolute atomic E-state index is 0.275. The Balaban J connectivity index is 1.44. The molecule has 144 valence electrons. The smallest absolute Gasteiger partial charge is 0.184 e. The van der Waals surface area contributed by atoms with E-state index >= 15 is 0 Å². The number of ether oxygens (including phenoxy) is 4. The molecular formula is C20H22O6S. The van der Waals surface area contributed by atoms with Crippen molar-refractivity contribution in [2.24, 2.45) is 0 Å². The van der Waals surface area contributed by atoms with Crippen molar-refractivity contribution in [1.29, 1.82) is 0 Å². The van der Waals surface area contributed by atoms with Crippen LogP contribution < -0.4 is 4.74 Å². The summed E-state index contributed by atoms with van der Waals surface area (Å²) in [5.41, 5.74) is 0.227. The standard InChI is InChI=1S/C20H22O6S/c1-23-13-9-7-12(8-10-13)19-24-11-15-18(26-19)16(21)17(22)20(25-15)27-14-5-3-2-4-6-14/h2-10,15-22H,11H2,1H3/t15-,16-,17+,18-,19-,20-/m1/s1. The van der Waals surface area contributed by atoms with E-state index in [9.17, 15) is 10.2 Å². The van der Waals surface area contributed by atoms with Crippen LogP contribution in [0.15, 0.2) is 59.5 Å². The van der Waals surface area contributed by atoms with Gasteiger partial charge in [-0.2, -0.15) is 0 Å². The number of rotatable bonds is 4. The molecule has 2 N–H and O–H groups in total. The lowest BCUT2D eigenvalue weighted by Crippen LogP contribution is -2.60. The first-order valence-corrected chi connectivity index (χ1v) is 9.68. The summed E-state index contributed by atoms with van der Waals surface area (Å²) >= 11 is 1.38. The van der Waals surface area contributed by atoms with Crippen LogP contribution in [0.3, 0.4) is 0 Å². The van der Waals surface area contributed by atoms with Crippen molar-refractivity contribution in [3.05, 3.63) is 60.2 Å². The van der Waals surface area contributed by atoms with Crippen molar-refractivity contribution in [3.63, 3.8) is 0 Å². The molecule has 4 rings (SSSR count). The summed E-state index contributed by atoms with van der Waals surface area (Å²) in [5, 5.41) is 21.2. The maximum Gasteiger partial charge on any atom is 0.184 e. The number of fused-ring (bicyclic) bond motifs is 1. The molecule has 2 aromatic carbocycles. The Morgan fingerprint density at radius 3 is 2.41 bits per heavy atom. The molecule has 0 bridgehead atoms. The third-order valence-corrected chi connectivity index (χ3v) is 5.88.